The van der Waals surface area contributed by atoms with Crippen LogP contribution in [0.1, 0.15) is 5.56 Å². The lowest BCUT2D eigenvalue weighted by Crippen LogP contribution is -2.38. The molecule has 2 aromatic rings. The minimum Gasteiger partial charge on any atom is -0.378 e. The zero-order valence-corrected chi connectivity index (χ0v) is 20.4. The number of amides is 2. The van der Waals surface area contributed by atoms with Gasteiger partial charge in [0.25, 0.3) is 0 Å². The topological polar surface area (TPSA) is 83.1 Å². The molecule has 182 valence electrons. The summed E-state index contributed by atoms with van der Waals surface area (Å²) in [5.41, 5.74) is 4.82. The maximum atomic E-state index is 12.7. The van der Waals surface area contributed by atoms with Gasteiger partial charge in [-0.25, -0.2) is 0 Å². The standard InChI is InChI=1S/C25H32N4O4S/c1-19-2-4-20(5-3-19)26-24(30)17-34-18-25(31)27-22-7-6-21(28-8-12-32-13-9-28)16-23(22)29-10-14-33-15-11-29/h2-7,16H,8-15,17-18H2,1H3,(H,26,30)(H,27,31). The summed E-state index contributed by atoms with van der Waals surface area (Å²) in [6, 6.07) is 13.8. The van der Waals surface area contributed by atoms with Crippen molar-refractivity contribution in [3.8, 4) is 0 Å². The third kappa shape index (κ3) is 6.88. The van der Waals surface area contributed by atoms with Gasteiger partial charge in [0.2, 0.25) is 11.8 Å². The number of aryl methyl sites for hydroxylation is 1. The number of anilines is 4. The third-order valence-corrected chi connectivity index (χ3v) is 6.72. The molecule has 0 aromatic heterocycles. The normalized spacial score (nSPS) is 16.3. The number of hydrogen-bond donors (Lipinski definition) is 2. The Hall–Kier alpha value is -2.75. The van der Waals surface area contributed by atoms with Crippen molar-refractivity contribution < 1.29 is 19.1 Å². The molecule has 0 atom stereocenters. The van der Waals surface area contributed by atoms with E-state index in [2.05, 4.69) is 26.5 Å². The molecule has 0 saturated carbocycles. The van der Waals surface area contributed by atoms with E-state index in [0.29, 0.717) is 13.2 Å². The first-order valence-electron chi connectivity index (χ1n) is 11.6. The van der Waals surface area contributed by atoms with Gasteiger partial charge in [0, 0.05) is 37.6 Å². The number of nitrogens with zero attached hydrogens (tertiary/aromatic N) is 2. The van der Waals surface area contributed by atoms with Crippen molar-refractivity contribution in [2.75, 3.05) is 84.5 Å². The van der Waals surface area contributed by atoms with Crippen LogP contribution in [0.3, 0.4) is 0 Å². The highest BCUT2D eigenvalue weighted by atomic mass is 32.2. The van der Waals surface area contributed by atoms with Gasteiger partial charge >= 0.3 is 0 Å². The van der Waals surface area contributed by atoms with Crippen LogP contribution in [0.25, 0.3) is 0 Å². The summed E-state index contributed by atoms with van der Waals surface area (Å²) >= 11 is 1.30. The zero-order valence-electron chi connectivity index (χ0n) is 19.5. The number of carbonyl (C=O) groups excluding carboxylic acids is 2. The summed E-state index contributed by atoms with van der Waals surface area (Å²) in [6.07, 6.45) is 0. The molecule has 2 saturated heterocycles. The van der Waals surface area contributed by atoms with Crippen molar-refractivity contribution in [2.24, 2.45) is 0 Å². The van der Waals surface area contributed by atoms with Gasteiger partial charge in [-0.05, 0) is 37.3 Å². The maximum Gasteiger partial charge on any atom is 0.234 e. The quantitative estimate of drug-likeness (QED) is 0.596. The average Bonchev–Trinajstić information content (AvgIpc) is 2.87. The first-order valence-corrected chi connectivity index (χ1v) is 12.8. The predicted octanol–water partition coefficient (Wildman–Crippen LogP) is 2.98. The van der Waals surface area contributed by atoms with Crippen molar-refractivity contribution >= 4 is 46.3 Å². The summed E-state index contributed by atoms with van der Waals surface area (Å²) in [4.78, 5) is 29.4. The van der Waals surface area contributed by atoms with Gasteiger partial charge in [0.15, 0.2) is 0 Å². The Labute approximate surface area is 205 Å². The molecule has 2 fully saturated rings. The molecule has 9 heteroatoms. The van der Waals surface area contributed by atoms with E-state index in [1.54, 1.807) is 0 Å². The summed E-state index contributed by atoms with van der Waals surface area (Å²) in [5, 5.41) is 5.91. The highest BCUT2D eigenvalue weighted by Gasteiger charge is 2.19. The minimum atomic E-state index is -0.123. The fourth-order valence-corrected chi connectivity index (χ4v) is 4.58. The lowest BCUT2D eigenvalue weighted by Gasteiger charge is -2.33. The first-order chi connectivity index (χ1) is 16.6. The molecule has 0 spiro atoms. The highest BCUT2D eigenvalue weighted by Crippen LogP contribution is 2.32. The summed E-state index contributed by atoms with van der Waals surface area (Å²) < 4.78 is 11.0. The zero-order chi connectivity index (χ0) is 23.8. The molecule has 0 radical (unpaired) electrons. The van der Waals surface area contributed by atoms with Crippen molar-refractivity contribution in [1.82, 2.24) is 0 Å². The number of thioether (sulfide) groups is 1. The van der Waals surface area contributed by atoms with E-state index >= 15 is 0 Å². The van der Waals surface area contributed by atoms with Gasteiger partial charge in [0.1, 0.15) is 0 Å². The van der Waals surface area contributed by atoms with E-state index < -0.39 is 0 Å². The number of morpholine rings is 2. The van der Waals surface area contributed by atoms with E-state index in [-0.39, 0.29) is 23.3 Å². The molecule has 2 aromatic carbocycles. The molecule has 2 heterocycles. The first kappa shape index (κ1) is 24.4. The molecule has 8 nitrogen and oxygen atoms in total. The van der Waals surface area contributed by atoms with Crippen LogP contribution in [0.4, 0.5) is 22.7 Å². The van der Waals surface area contributed by atoms with Crippen molar-refractivity contribution in [3.05, 3.63) is 48.0 Å². The van der Waals surface area contributed by atoms with E-state index in [4.69, 9.17) is 9.47 Å². The van der Waals surface area contributed by atoms with Crippen LogP contribution < -0.4 is 20.4 Å². The molecule has 2 aliphatic heterocycles. The number of hydrogen-bond acceptors (Lipinski definition) is 7. The second-order valence-electron chi connectivity index (χ2n) is 8.36. The highest BCUT2D eigenvalue weighted by molar-refractivity contribution is 8.00. The monoisotopic (exact) mass is 484 g/mol. The molecule has 4 rings (SSSR count). The minimum absolute atomic E-state index is 0.120. The van der Waals surface area contributed by atoms with Gasteiger partial charge in [-0.2, -0.15) is 0 Å². The lowest BCUT2D eigenvalue weighted by molar-refractivity contribution is -0.114. The van der Waals surface area contributed by atoms with Gasteiger partial charge in [-0.15, -0.1) is 11.8 Å². The van der Waals surface area contributed by atoms with Crippen LogP contribution in [0.5, 0.6) is 0 Å². The predicted molar refractivity (Wildman–Crippen MR) is 138 cm³/mol. The molecule has 0 bridgehead atoms. The van der Waals surface area contributed by atoms with Gasteiger partial charge in [-0.1, -0.05) is 17.7 Å². The van der Waals surface area contributed by atoms with Crippen LogP contribution in [0, 0.1) is 6.92 Å². The maximum absolute atomic E-state index is 12.7. The van der Waals surface area contributed by atoms with Crippen LogP contribution in [-0.4, -0.2) is 75.9 Å². The molecule has 0 unspecified atom stereocenters. The van der Waals surface area contributed by atoms with E-state index in [1.807, 2.05) is 43.3 Å². The fourth-order valence-electron chi connectivity index (χ4n) is 3.97. The van der Waals surface area contributed by atoms with Crippen molar-refractivity contribution in [2.45, 2.75) is 6.92 Å². The van der Waals surface area contributed by atoms with E-state index in [0.717, 1.165) is 67.7 Å². The Morgan fingerprint density at radius 2 is 1.41 bits per heavy atom. The number of nitrogens with one attached hydrogen (secondary N) is 2. The molecule has 0 aliphatic carbocycles. The van der Waals surface area contributed by atoms with E-state index in [1.165, 1.54) is 11.8 Å². The third-order valence-electron chi connectivity index (χ3n) is 5.79. The average molecular weight is 485 g/mol. The van der Waals surface area contributed by atoms with Crippen LogP contribution >= 0.6 is 11.8 Å². The smallest absolute Gasteiger partial charge is 0.234 e. The fraction of sp³-hybridized carbons (Fsp3) is 0.440. The second-order valence-corrected chi connectivity index (χ2v) is 9.34. The largest absolute Gasteiger partial charge is 0.378 e. The molecular formula is C25H32N4O4S. The summed E-state index contributed by atoms with van der Waals surface area (Å²) in [6.45, 7) is 8.06. The van der Waals surface area contributed by atoms with Crippen molar-refractivity contribution in [3.63, 3.8) is 0 Å². The molecule has 2 amide bonds. The summed E-state index contributed by atoms with van der Waals surface area (Å²) in [5.74, 6) is 0.176. The Morgan fingerprint density at radius 1 is 0.824 bits per heavy atom. The Balaban J connectivity index is 1.34. The molecular weight excluding hydrogens is 452 g/mol. The van der Waals surface area contributed by atoms with Gasteiger partial charge < -0.3 is 29.9 Å². The van der Waals surface area contributed by atoms with Crippen LogP contribution in [0.2, 0.25) is 0 Å². The molecule has 2 N–H and O–H groups in total. The van der Waals surface area contributed by atoms with E-state index in [9.17, 15) is 9.59 Å². The number of carbonyl (C=O) groups is 2. The summed E-state index contributed by atoms with van der Waals surface area (Å²) in [7, 11) is 0. The number of ether oxygens (including phenoxy) is 2. The number of benzene rings is 2. The lowest BCUT2D eigenvalue weighted by atomic mass is 10.1. The Morgan fingerprint density at radius 3 is 2.06 bits per heavy atom. The molecule has 34 heavy (non-hydrogen) atoms. The number of rotatable bonds is 8. The molecule has 2 aliphatic rings. The van der Waals surface area contributed by atoms with Crippen molar-refractivity contribution in [1.29, 1.82) is 0 Å². The van der Waals surface area contributed by atoms with Crippen LogP contribution in [0.15, 0.2) is 42.5 Å². The second kappa shape index (κ2) is 12.1. The SMILES string of the molecule is Cc1ccc(NC(=O)CSCC(=O)Nc2ccc(N3CCOCC3)cc2N2CCOCC2)cc1. The Bertz CT molecular complexity index is 973. The Kier molecular flexibility index (Phi) is 8.67. The van der Waals surface area contributed by atoms with Crippen LogP contribution in [-0.2, 0) is 19.1 Å². The van der Waals surface area contributed by atoms with Gasteiger partial charge in [-0.3, -0.25) is 9.59 Å². The van der Waals surface area contributed by atoms with Gasteiger partial charge in [0.05, 0.1) is 49.3 Å².